The Kier molecular flexibility index (Phi) is 5.50. The Morgan fingerprint density at radius 1 is 1.00 bits per heavy atom. The van der Waals surface area contributed by atoms with E-state index in [2.05, 4.69) is 23.2 Å². The van der Waals surface area contributed by atoms with Gasteiger partial charge in [0.05, 0.1) is 27.0 Å². The fraction of sp³-hybridized carbons (Fsp3) is 0.471. The fourth-order valence-corrected chi connectivity index (χ4v) is 2.73. The standard InChI is InChI=1S/C17H25N3O3/c1-12-14(11-20(3)18-12)10-19(2)9-13-7-8-15(21-4)17(23-6)16(13)22-5/h7-8,11H,9-10H2,1-6H3. The van der Waals surface area contributed by atoms with Gasteiger partial charge >= 0.3 is 0 Å². The number of ether oxygens (including phenoxy) is 3. The molecule has 1 aromatic carbocycles. The first-order valence-electron chi connectivity index (χ1n) is 7.45. The van der Waals surface area contributed by atoms with Gasteiger partial charge in [0.1, 0.15) is 0 Å². The van der Waals surface area contributed by atoms with Crippen LogP contribution < -0.4 is 14.2 Å². The van der Waals surface area contributed by atoms with Crippen LogP contribution in [0.1, 0.15) is 16.8 Å². The van der Waals surface area contributed by atoms with Crippen molar-refractivity contribution in [2.24, 2.45) is 7.05 Å². The lowest BCUT2D eigenvalue weighted by molar-refractivity contribution is 0.296. The number of aromatic nitrogens is 2. The second kappa shape index (κ2) is 7.37. The largest absolute Gasteiger partial charge is 0.493 e. The summed E-state index contributed by atoms with van der Waals surface area (Å²) in [6.45, 7) is 3.58. The lowest BCUT2D eigenvalue weighted by Crippen LogP contribution is -2.18. The van der Waals surface area contributed by atoms with Gasteiger partial charge < -0.3 is 14.2 Å². The Balaban J connectivity index is 2.20. The van der Waals surface area contributed by atoms with Crippen molar-refractivity contribution in [2.45, 2.75) is 20.0 Å². The maximum Gasteiger partial charge on any atom is 0.203 e. The summed E-state index contributed by atoms with van der Waals surface area (Å²) < 4.78 is 18.1. The molecule has 0 aliphatic rings. The highest BCUT2D eigenvalue weighted by Crippen LogP contribution is 2.40. The molecule has 0 saturated heterocycles. The third-order valence-corrected chi connectivity index (χ3v) is 3.78. The normalized spacial score (nSPS) is 10.9. The highest BCUT2D eigenvalue weighted by molar-refractivity contribution is 5.55. The van der Waals surface area contributed by atoms with Crippen molar-refractivity contribution in [1.82, 2.24) is 14.7 Å². The number of rotatable bonds is 7. The highest BCUT2D eigenvalue weighted by Gasteiger charge is 2.17. The third-order valence-electron chi connectivity index (χ3n) is 3.78. The zero-order valence-corrected chi connectivity index (χ0v) is 14.7. The molecule has 0 aliphatic heterocycles. The van der Waals surface area contributed by atoms with E-state index in [0.717, 1.165) is 24.3 Å². The zero-order chi connectivity index (χ0) is 17.0. The minimum absolute atomic E-state index is 0.624. The van der Waals surface area contributed by atoms with Crippen molar-refractivity contribution in [2.75, 3.05) is 28.4 Å². The van der Waals surface area contributed by atoms with Crippen molar-refractivity contribution in [1.29, 1.82) is 0 Å². The molecule has 1 heterocycles. The van der Waals surface area contributed by atoms with E-state index >= 15 is 0 Å². The van der Waals surface area contributed by atoms with Crippen LogP contribution in [0.2, 0.25) is 0 Å². The van der Waals surface area contributed by atoms with E-state index < -0.39 is 0 Å². The predicted molar refractivity (Wildman–Crippen MR) is 89.2 cm³/mol. The Labute approximate surface area is 137 Å². The van der Waals surface area contributed by atoms with E-state index in [1.165, 1.54) is 5.56 Å². The molecule has 1 aromatic heterocycles. The average Bonchev–Trinajstić information content (AvgIpc) is 2.83. The van der Waals surface area contributed by atoms with Gasteiger partial charge in [-0.05, 0) is 20.0 Å². The van der Waals surface area contributed by atoms with Crippen LogP contribution in [0.25, 0.3) is 0 Å². The second-order valence-corrected chi connectivity index (χ2v) is 5.58. The molecule has 0 atom stereocenters. The van der Waals surface area contributed by atoms with Gasteiger partial charge in [-0.25, -0.2) is 0 Å². The molecule has 23 heavy (non-hydrogen) atoms. The van der Waals surface area contributed by atoms with Gasteiger partial charge in [0.15, 0.2) is 11.5 Å². The number of hydrogen-bond donors (Lipinski definition) is 0. The summed E-state index contributed by atoms with van der Waals surface area (Å²) in [7, 11) is 8.89. The molecule has 0 fully saturated rings. The molecule has 0 saturated carbocycles. The van der Waals surface area contributed by atoms with Gasteiger partial charge in [-0.3, -0.25) is 9.58 Å². The molecule has 0 unspecified atom stereocenters. The SMILES string of the molecule is COc1ccc(CN(C)Cc2cn(C)nc2C)c(OC)c1OC. The van der Waals surface area contributed by atoms with Crippen LogP contribution in [-0.2, 0) is 20.1 Å². The van der Waals surface area contributed by atoms with E-state index in [1.807, 2.05) is 30.8 Å². The summed E-state index contributed by atoms with van der Waals surface area (Å²) in [4.78, 5) is 2.22. The van der Waals surface area contributed by atoms with E-state index in [4.69, 9.17) is 14.2 Å². The summed E-state index contributed by atoms with van der Waals surface area (Å²) in [5.74, 6) is 2.00. The van der Waals surface area contributed by atoms with Crippen molar-refractivity contribution >= 4 is 0 Å². The van der Waals surface area contributed by atoms with Gasteiger partial charge in [-0.2, -0.15) is 5.10 Å². The molecule has 2 aromatic rings. The van der Waals surface area contributed by atoms with Crippen LogP contribution in [0.15, 0.2) is 18.3 Å². The molecule has 0 spiro atoms. The smallest absolute Gasteiger partial charge is 0.203 e. The van der Waals surface area contributed by atoms with E-state index in [-0.39, 0.29) is 0 Å². The number of hydrogen-bond acceptors (Lipinski definition) is 5. The number of aryl methyl sites for hydroxylation is 2. The molecule has 0 aliphatic carbocycles. The lowest BCUT2D eigenvalue weighted by atomic mass is 10.1. The van der Waals surface area contributed by atoms with E-state index in [1.54, 1.807) is 21.3 Å². The van der Waals surface area contributed by atoms with E-state index in [0.29, 0.717) is 17.2 Å². The fourth-order valence-electron chi connectivity index (χ4n) is 2.73. The summed E-state index contributed by atoms with van der Waals surface area (Å²) in [5.41, 5.74) is 3.32. The molecule has 126 valence electrons. The van der Waals surface area contributed by atoms with Gasteiger partial charge in [0, 0.05) is 37.5 Å². The summed E-state index contributed by atoms with van der Waals surface area (Å²) in [6, 6.07) is 3.91. The molecular formula is C17H25N3O3. The molecule has 0 N–H and O–H groups in total. The molecule has 0 bridgehead atoms. The topological polar surface area (TPSA) is 48.8 Å². The Morgan fingerprint density at radius 3 is 2.17 bits per heavy atom. The first-order valence-corrected chi connectivity index (χ1v) is 7.45. The molecular weight excluding hydrogens is 294 g/mol. The predicted octanol–water partition coefficient (Wildman–Crippen LogP) is 2.39. The summed E-state index contributed by atoms with van der Waals surface area (Å²) >= 11 is 0. The van der Waals surface area contributed by atoms with Crippen LogP contribution in [-0.4, -0.2) is 43.1 Å². The number of benzene rings is 1. The second-order valence-electron chi connectivity index (χ2n) is 5.58. The lowest BCUT2D eigenvalue weighted by Gasteiger charge is -2.20. The minimum Gasteiger partial charge on any atom is -0.493 e. The number of nitrogens with zero attached hydrogens (tertiary/aromatic N) is 3. The molecule has 2 rings (SSSR count). The number of methoxy groups -OCH3 is 3. The summed E-state index contributed by atoms with van der Waals surface area (Å²) in [5, 5.41) is 4.38. The first kappa shape index (κ1) is 17.1. The van der Waals surface area contributed by atoms with Crippen LogP contribution >= 0.6 is 0 Å². The molecule has 0 amide bonds. The van der Waals surface area contributed by atoms with Gasteiger partial charge in [-0.1, -0.05) is 6.07 Å². The van der Waals surface area contributed by atoms with Crippen LogP contribution in [0.4, 0.5) is 0 Å². The molecule has 6 nitrogen and oxygen atoms in total. The van der Waals surface area contributed by atoms with Crippen LogP contribution in [0.5, 0.6) is 17.2 Å². The maximum atomic E-state index is 5.54. The van der Waals surface area contributed by atoms with Crippen molar-refractivity contribution in [3.05, 3.63) is 35.2 Å². The molecule has 6 heteroatoms. The third kappa shape index (κ3) is 3.76. The van der Waals surface area contributed by atoms with Gasteiger partial charge in [0.2, 0.25) is 5.75 Å². The van der Waals surface area contributed by atoms with Crippen LogP contribution in [0.3, 0.4) is 0 Å². The molecule has 0 radical (unpaired) electrons. The average molecular weight is 319 g/mol. The minimum atomic E-state index is 0.624. The zero-order valence-electron chi connectivity index (χ0n) is 14.7. The Morgan fingerprint density at radius 2 is 1.65 bits per heavy atom. The first-order chi connectivity index (χ1) is 11.0. The quantitative estimate of drug-likeness (QED) is 0.784. The monoisotopic (exact) mass is 319 g/mol. The summed E-state index contributed by atoms with van der Waals surface area (Å²) in [6.07, 6.45) is 2.05. The van der Waals surface area contributed by atoms with E-state index in [9.17, 15) is 0 Å². The van der Waals surface area contributed by atoms with Crippen LogP contribution in [0, 0.1) is 6.92 Å². The van der Waals surface area contributed by atoms with Gasteiger partial charge in [0.25, 0.3) is 0 Å². The highest BCUT2D eigenvalue weighted by atomic mass is 16.5. The van der Waals surface area contributed by atoms with Crippen molar-refractivity contribution < 1.29 is 14.2 Å². The van der Waals surface area contributed by atoms with Crippen molar-refractivity contribution in [3.8, 4) is 17.2 Å². The Bertz CT molecular complexity index is 667. The maximum absolute atomic E-state index is 5.54. The Hall–Kier alpha value is -2.21. The van der Waals surface area contributed by atoms with Gasteiger partial charge in [-0.15, -0.1) is 0 Å². The van der Waals surface area contributed by atoms with Crippen molar-refractivity contribution in [3.63, 3.8) is 0 Å².